The number of aryl methyl sites for hydroxylation is 1. The molecule has 4 aromatic rings. The molecule has 3 aliphatic rings. The van der Waals surface area contributed by atoms with Crippen LogP contribution in [-0.2, 0) is 34.3 Å². The van der Waals surface area contributed by atoms with Crippen molar-refractivity contribution in [2.45, 2.75) is 75.0 Å². The Balaban J connectivity index is 1.10. The summed E-state index contributed by atoms with van der Waals surface area (Å²) in [6, 6.07) is 20.8. The molecule has 3 aromatic carbocycles. The highest BCUT2D eigenvalue weighted by Gasteiger charge is 2.38. The molecular weight excluding hydrogens is 584 g/mol. The Kier molecular flexibility index (Phi) is 8.42. The molecular formula is C36H42N4O4S. The summed E-state index contributed by atoms with van der Waals surface area (Å²) in [5, 5.41) is 5.03. The molecule has 0 bridgehead atoms. The number of fused-ring (bicyclic) bond motifs is 3. The lowest BCUT2D eigenvalue weighted by molar-refractivity contribution is -0.123. The van der Waals surface area contributed by atoms with E-state index < -0.39 is 16.1 Å². The van der Waals surface area contributed by atoms with Crippen molar-refractivity contribution in [3.05, 3.63) is 95.3 Å². The van der Waals surface area contributed by atoms with Gasteiger partial charge in [-0.1, -0.05) is 36.8 Å². The summed E-state index contributed by atoms with van der Waals surface area (Å²) in [6.45, 7) is 4.17. The number of nitrogens with one attached hydrogen (secondary N) is 1. The molecule has 45 heavy (non-hydrogen) atoms. The summed E-state index contributed by atoms with van der Waals surface area (Å²) in [7, 11) is -2.27. The lowest BCUT2D eigenvalue weighted by Gasteiger charge is -2.36. The summed E-state index contributed by atoms with van der Waals surface area (Å²) in [5.41, 5.74) is 4.71. The van der Waals surface area contributed by atoms with Gasteiger partial charge in [-0.25, -0.2) is 8.42 Å². The molecule has 0 spiro atoms. The van der Waals surface area contributed by atoms with Crippen LogP contribution in [0.5, 0.6) is 5.75 Å². The monoisotopic (exact) mass is 626 g/mol. The Morgan fingerprint density at radius 3 is 2.58 bits per heavy atom. The van der Waals surface area contributed by atoms with Crippen LogP contribution >= 0.6 is 0 Å². The topological polar surface area (TPSA) is 83.9 Å². The Hall–Kier alpha value is -3.66. The second kappa shape index (κ2) is 12.6. The molecule has 2 unspecified atom stereocenters. The van der Waals surface area contributed by atoms with E-state index in [1.807, 2.05) is 42.6 Å². The molecule has 2 atom stereocenters. The van der Waals surface area contributed by atoms with Gasteiger partial charge >= 0.3 is 0 Å². The first-order chi connectivity index (χ1) is 21.9. The quantitative estimate of drug-likeness (QED) is 0.261. The smallest absolute Gasteiger partial charge is 0.243 e. The van der Waals surface area contributed by atoms with Crippen LogP contribution in [0.1, 0.15) is 73.0 Å². The molecule has 236 valence electrons. The standard InChI is InChI=1S/C36H42N4O4S/c1-44-30-13-11-28-23-31(14-12-27(28)22-30)45(42,43)40-20-19-39-18-6-9-34(39)35(40)24-36(41)37-33-8-5-7-29-21-26(10-15-32(29)33)25-38-16-3-2-4-17-38/h6,9-15,18,21-23,33,35H,2-5,7-8,16-17,19-20,24-25H2,1H3,(H,37,41). The molecule has 1 fully saturated rings. The fraction of sp³-hybridized carbons (Fsp3) is 0.417. The number of amides is 1. The van der Waals surface area contributed by atoms with Gasteiger partial charge in [0.1, 0.15) is 5.75 Å². The van der Waals surface area contributed by atoms with E-state index in [2.05, 4.69) is 33.0 Å². The van der Waals surface area contributed by atoms with Gasteiger partial charge in [0.05, 0.1) is 24.1 Å². The van der Waals surface area contributed by atoms with Crippen molar-refractivity contribution in [1.82, 2.24) is 19.1 Å². The molecule has 1 N–H and O–H groups in total. The Bertz CT molecular complexity index is 1810. The Labute approximate surface area is 266 Å². The van der Waals surface area contributed by atoms with Gasteiger partial charge in [-0.05, 0) is 109 Å². The van der Waals surface area contributed by atoms with Gasteiger partial charge in [0.15, 0.2) is 0 Å². The third kappa shape index (κ3) is 6.13. The molecule has 1 saturated heterocycles. The van der Waals surface area contributed by atoms with Crippen molar-refractivity contribution in [1.29, 1.82) is 0 Å². The van der Waals surface area contributed by atoms with Crippen molar-refractivity contribution in [3.63, 3.8) is 0 Å². The number of sulfonamides is 1. The maximum absolute atomic E-state index is 14.2. The molecule has 0 radical (unpaired) electrons. The largest absolute Gasteiger partial charge is 0.497 e. The van der Waals surface area contributed by atoms with Crippen LogP contribution in [0.3, 0.4) is 0 Å². The Morgan fingerprint density at radius 1 is 0.911 bits per heavy atom. The second-order valence-corrected chi connectivity index (χ2v) is 14.6. The zero-order valence-electron chi connectivity index (χ0n) is 26.0. The normalized spacial score (nSPS) is 20.8. The van der Waals surface area contributed by atoms with Crippen LogP contribution in [0.25, 0.3) is 10.8 Å². The van der Waals surface area contributed by atoms with Crippen molar-refractivity contribution >= 4 is 26.7 Å². The van der Waals surface area contributed by atoms with Crippen molar-refractivity contribution < 1.29 is 17.9 Å². The number of carbonyl (C=O) groups is 1. The van der Waals surface area contributed by atoms with Crippen molar-refractivity contribution in [3.8, 4) is 5.75 Å². The number of likely N-dealkylation sites (tertiary alicyclic amines) is 1. The van der Waals surface area contributed by atoms with Crippen molar-refractivity contribution in [2.24, 2.45) is 0 Å². The molecule has 0 saturated carbocycles. The maximum atomic E-state index is 14.2. The van der Waals surface area contributed by atoms with Gasteiger partial charge in [-0.15, -0.1) is 0 Å². The number of piperidine rings is 1. The minimum atomic E-state index is -3.88. The predicted octanol–water partition coefficient (Wildman–Crippen LogP) is 5.97. The molecule has 3 heterocycles. The van der Waals surface area contributed by atoms with E-state index in [1.165, 1.54) is 53.3 Å². The molecule has 1 aliphatic carbocycles. The number of hydrogen-bond acceptors (Lipinski definition) is 5. The Morgan fingerprint density at radius 2 is 1.73 bits per heavy atom. The number of nitrogens with zero attached hydrogens (tertiary/aromatic N) is 3. The minimum Gasteiger partial charge on any atom is -0.497 e. The van der Waals surface area contributed by atoms with E-state index in [0.29, 0.717) is 13.1 Å². The van der Waals surface area contributed by atoms with Gasteiger partial charge in [-0.3, -0.25) is 9.69 Å². The zero-order chi connectivity index (χ0) is 31.0. The van der Waals surface area contributed by atoms with Crippen LogP contribution < -0.4 is 10.1 Å². The number of aromatic nitrogens is 1. The van der Waals surface area contributed by atoms with Gasteiger partial charge in [0.25, 0.3) is 0 Å². The summed E-state index contributed by atoms with van der Waals surface area (Å²) < 4.78 is 37.2. The first kappa shape index (κ1) is 30.0. The third-order valence-corrected chi connectivity index (χ3v) is 11.7. The second-order valence-electron chi connectivity index (χ2n) is 12.7. The lowest BCUT2D eigenvalue weighted by atomic mass is 9.86. The fourth-order valence-corrected chi connectivity index (χ4v) is 9.11. The number of hydrogen-bond donors (Lipinski definition) is 1. The van der Waals surface area contributed by atoms with Gasteiger partial charge in [0, 0.05) is 37.9 Å². The minimum absolute atomic E-state index is 0.0624. The molecule has 9 heteroatoms. The number of methoxy groups -OCH3 is 1. The highest BCUT2D eigenvalue weighted by atomic mass is 32.2. The maximum Gasteiger partial charge on any atom is 0.243 e. The van der Waals surface area contributed by atoms with E-state index in [4.69, 9.17) is 4.74 Å². The highest BCUT2D eigenvalue weighted by molar-refractivity contribution is 7.89. The SMILES string of the molecule is COc1ccc2cc(S(=O)(=O)N3CCn4cccc4C3CC(=O)NC3CCCc4cc(CN5CCCCC5)ccc43)ccc2c1. The summed E-state index contributed by atoms with van der Waals surface area (Å²) in [4.78, 5) is 16.5. The number of ether oxygens (including phenoxy) is 1. The van der Waals surface area contributed by atoms with Crippen LogP contribution in [0.4, 0.5) is 0 Å². The number of rotatable bonds is 8. The van der Waals surface area contributed by atoms with Gasteiger partial charge in [0.2, 0.25) is 15.9 Å². The summed E-state index contributed by atoms with van der Waals surface area (Å²) >= 11 is 0. The van der Waals surface area contributed by atoms with Crippen molar-refractivity contribution in [2.75, 3.05) is 26.7 Å². The fourth-order valence-electron chi connectivity index (χ4n) is 7.48. The molecule has 1 amide bonds. The first-order valence-corrected chi connectivity index (χ1v) is 17.7. The van der Waals surface area contributed by atoms with Crippen LogP contribution in [0.15, 0.2) is 77.8 Å². The molecule has 2 aliphatic heterocycles. The third-order valence-electron chi connectivity index (χ3n) is 9.83. The molecule has 8 nitrogen and oxygen atoms in total. The first-order valence-electron chi connectivity index (χ1n) is 16.3. The lowest BCUT2D eigenvalue weighted by Crippen LogP contribution is -2.44. The molecule has 7 rings (SSSR count). The van der Waals surface area contributed by atoms with E-state index >= 15 is 0 Å². The van der Waals surface area contributed by atoms with E-state index in [0.717, 1.165) is 48.0 Å². The zero-order valence-corrected chi connectivity index (χ0v) is 26.8. The van der Waals surface area contributed by atoms with E-state index in [-0.39, 0.29) is 23.3 Å². The van der Waals surface area contributed by atoms with E-state index in [1.54, 1.807) is 19.2 Å². The van der Waals surface area contributed by atoms with E-state index in [9.17, 15) is 13.2 Å². The van der Waals surface area contributed by atoms with Crippen LogP contribution in [0.2, 0.25) is 0 Å². The van der Waals surface area contributed by atoms with Gasteiger partial charge in [-0.2, -0.15) is 4.31 Å². The summed E-state index contributed by atoms with van der Waals surface area (Å²) in [5.74, 6) is 0.593. The van der Waals surface area contributed by atoms with Crippen LogP contribution in [0, 0.1) is 0 Å². The van der Waals surface area contributed by atoms with Crippen LogP contribution in [-0.4, -0.2) is 54.8 Å². The number of benzene rings is 3. The molecule has 1 aromatic heterocycles. The average Bonchev–Trinajstić information content (AvgIpc) is 3.54. The average molecular weight is 627 g/mol. The highest BCUT2D eigenvalue weighted by Crippen LogP contribution is 2.36. The predicted molar refractivity (Wildman–Crippen MR) is 176 cm³/mol. The number of carbonyl (C=O) groups excluding carboxylic acids is 1. The summed E-state index contributed by atoms with van der Waals surface area (Å²) in [6.07, 6.45) is 8.84. The van der Waals surface area contributed by atoms with Gasteiger partial charge < -0.3 is 14.6 Å².